The van der Waals surface area contributed by atoms with Crippen molar-refractivity contribution in [1.29, 1.82) is 0 Å². The predicted octanol–water partition coefficient (Wildman–Crippen LogP) is 4.12. The highest BCUT2D eigenvalue weighted by Crippen LogP contribution is 2.50. The van der Waals surface area contributed by atoms with Crippen molar-refractivity contribution in [3.63, 3.8) is 0 Å². The molecule has 0 amide bonds. The van der Waals surface area contributed by atoms with Crippen LogP contribution in [0.3, 0.4) is 0 Å². The van der Waals surface area contributed by atoms with Gasteiger partial charge in [-0.2, -0.15) is 0 Å². The molecule has 2 aliphatic heterocycles. The lowest BCUT2D eigenvalue weighted by Gasteiger charge is -2.30. The molecule has 4 heteroatoms. The fourth-order valence-electron chi connectivity index (χ4n) is 4.48. The average molecular weight is 326 g/mol. The van der Waals surface area contributed by atoms with Crippen LogP contribution in [0.15, 0.2) is 0 Å². The first-order valence-electron chi connectivity index (χ1n) is 9.40. The van der Waals surface area contributed by atoms with Gasteiger partial charge in [-0.15, -0.1) is 0 Å². The number of unbranched alkanes of at least 4 members (excludes halogenated alkanes) is 1. The maximum atomic E-state index is 6.34. The Balaban J connectivity index is 1.66. The van der Waals surface area contributed by atoms with Crippen LogP contribution in [0.2, 0.25) is 0 Å². The summed E-state index contributed by atoms with van der Waals surface area (Å²) < 4.78 is 24.4. The molecular weight excluding hydrogens is 292 g/mol. The lowest BCUT2D eigenvalue weighted by Crippen LogP contribution is -2.36. The molecule has 1 unspecified atom stereocenters. The molecule has 23 heavy (non-hydrogen) atoms. The van der Waals surface area contributed by atoms with E-state index < -0.39 is 5.79 Å². The standard InChI is InChI=1S/C19H34O4/c1-6-7-10-20-12-14-15(13-8-9-18(2,3)11-13)21-17-16(14)22-19(4,5)23-17/h13-17H,6-12H2,1-5H3/t13?,14-,15-,16-,17-/m1/s1. The summed E-state index contributed by atoms with van der Waals surface area (Å²) >= 11 is 0. The Labute approximate surface area is 141 Å². The van der Waals surface area contributed by atoms with Crippen LogP contribution in [0.4, 0.5) is 0 Å². The Bertz CT molecular complexity index is 406. The van der Waals surface area contributed by atoms with Crippen molar-refractivity contribution in [2.45, 2.75) is 91.0 Å². The summed E-state index contributed by atoms with van der Waals surface area (Å²) in [5.41, 5.74) is 0.431. The summed E-state index contributed by atoms with van der Waals surface area (Å²) in [4.78, 5) is 0. The average Bonchev–Trinajstić information content (AvgIpc) is 3.05. The Morgan fingerprint density at radius 2 is 1.87 bits per heavy atom. The van der Waals surface area contributed by atoms with Gasteiger partial charge in [-0.1, -0.05) is 27.2 Å². The maximum absolute atomic E-state index is 6.34. The molecule has 1 aliphatic carbocycles. The Kier molecular flexibility index (Phi) is 5.09. The smallest absolute Gasteiger partial charge is 0.187 e. The maximum Gasteiger partial charge on any atom is 0.187 e. The zero-order valence-electron chi connectivity index (χ0n) is 15.5. The van der Waals surface area contributed by atoms with Crippen LogP contribution in [-0.4, -0.2) is 37.5 Å². The van der Waals surface area contributed by atoms with Crippen molar-refractivity contribution in [3.05, 3.63) is 0 Å². The van der Waals surface area contributed by atoms with Gasteiger partial charge in [0.1, 0.15) is 6.10 Å². The van der Waals surface area contributed by atoms with E-state index in [2.05, 4.69) is 20.8 Å². The van der Waals surface area contributed by atoms with Crippen LogP contribution in [0.25, 0.3) is 0 Å². The van der Waals surface area contributed by atoms with E-state index in [1.165, 1.54) is 25.7 Å². The fraction of sp³-hybridized carbons (Fsp3) is 1.00. The minimum absolute atomic E-state index is 0.0142. The number of fused-ring (bicyclic) bond motifs is 1. The van der Waals surface area contributed by atoms with Crippen LogP contribution in [-0.2, 0) is 18.9 Å². The molecule has 0 aromatic heterocycles. The SMILES string of the molecule is CCCCOC[C@H]1[C@H]2OC(C)(C)O[C@H]2O[C@@H]1C1CCC(C)(C)C1. The monoisotopic (exact) mass is 326 g/mol. The molecule has 0 spiro atoms. The first-order chi connectivity index (χ1) is 10.8. The highest BCUT2D eigenvalue weighted by molar-refractivity contribution is 4.98. The summed E-state index contributed by atoms with van der Waals surface area (Å²) in [5, 5.41) is 0. The summed E-state index contributed by atoms with van der Waals surface area (Å²) in [6.07, 6.45) is 6.04. The predicted molar refractivity (Wildman–Crippen MR) is 89.0 cm³/mol. The second-order valence-corrected chi connectivity index (χ2v) is 8.83. The van der Waals surface area contributed by atoms with Gasteiger partial charge in [0.05, 0.1) is 12.7 Å². The van der Waals surface area contributed by atoms with E-state index in [1.807, 2.05) is 13.8 Å². The third kappa shape index (κ3) is 3.92. The second-order valence-electron chi connectivity index (χ2n) is 8.83. The summed E-state index contributed by atoms with van der Waals surface area (Å²) in [7, 11) is 0. The summed E-state index contributed by atoms with van der Waals surface area (Å²) in [6, 6.07) is 0. The molecular formula is C19H34O4. The quantitative estimate of drug-likeness (QED) is 0.688. The van der Waals surface area contributed by atoms with Gasteiger partial charge in [-0.25, -0.2) is 0 Å². The van der Waals surface area contributed by atoms with Gasteiger partial charge < -0.3 is 18.9 Å². The number of hydrogen-bond acceptors (Lipinski definition) is 4. The zero-order chi connectivity index (χ0) is 16.7. The first kappa shape index (κ1) is 17.7. The third-order valence-electron chi connectivity index (χ3n) is 5.65. The topological polar surface area (TPSA) is 36.9 Å². The van der Waals surface area contributed by atoms with Gasteiger partial charge >= 0.3 is 0 Å². The van der Waals surface area contributed by atoms with Crippen molar-refractivity contribution >= 4 is 0 Å². The van der Waals surface area contributed by atoms with Gasteiger partial charge in [0, 0.05) is 12.5 Å². The minimum Gasteiger partial charge on any atom is -0.381 e. The van der Waals surface area contributed by atoms with E-state index in [-0.39, 0.29) is 24.4 Å². The largest absolute Gasteiger partial charge is 0.381 e. The highest BCUT2D eigenvalue weighted by atomic mass is 16.8. The van der Waals surface area contributed by atoms with Crippen molar-refractivity contribution < 1.29 is 18.9 Å². The highest BCUT2D eigenvalue weighted by Gasteiger charge is 2.57. The number of hydrogen-bond donors (Lipinski definition) is 0. The minimum atomic E-state index is -0.545. The lowest BCUT2D eigenvalue weighted by atomic mass is 9.85. The first-order valence-corrected chi connectivity index (χ1v) is 9.40. The zero-order valence-corrected chi connectivity index (χ0v) is 15.5. The van der Waals surface area contributed by atoms with Crippen molar-refractivity contribution in [2.75, 3.05) is 13.2 Å². The molecule has 0 aromatic rings. The molecule has 134 valence electrons. The van der Waals surface area contributed by atoms with Gasteiger partial charge in [0.25, 0.3) is 0 Å². The number of ether oxygens (including phenoxy) is 4. The van der Waals surface area contributed by atoms with Crippen LogP contribution in [0.5, 0.6) is 0 Å². The van der Waals surface area contributed by atoms with E-state index in [4.69, 9.17) is 18.9 Å². The Hall–Kier alpha value is -0.160. The van der Waals surface area contributed by atoms with Gasteiger partial charge in [-0.05, 0) is 50.9 Å². The molecule has 2 heterocycles. The molecule has 0 aromatic carbocycles. The van der Waals surface area contributed by atoms with Crippen LogP contribution >= 0.6 is 0 Å². The summed E-state index contributed by atoms with van der Waals surface area (Å²) in [6.45, 7) is 12.4. The molecule has 0 N–H and O–H groups in total. The van der Waals surface area contributed by atoms with E-state index in [9.17, 15) is 0 Å². The molecule has 3 aliphatic rings. The molecule has 4 nitrogen and oxygen atoms in total. The van der Waals surface area contributed by atoms with Crippen molar-refractivity contribution in [1.82, 2.24) is 0 Å². The molecule has 5 atom stereocenters. The van der Waals surface area contributed by atoms with E-state index in [1.54, 1.807) is 0 Å². The molecule has 0 radical (unpaired) electrons. The third-order valence-corrected chi connectivity index (χ3v) is 5.65. The van der Waals surface area contributed by atoms with E-state index in [0.29, 0.717) is 11.3 Å². The van der Waals surface area contributed by atoms with Crippen molar-refractivity contribution in [2.24, 2.45) is 17.3 Å². The van der Waals surface area contributed by atoms with Gasteiger partial charge in [0.15, 0.2) is 12.1 Å². The van der Waals surface area contributed by atoms with Crippen LogP contribution in [0.1, 0.15) is 66.7 Å². The number of rotatable bonds is 6. The van der Waals surface area contributed by atoms with Gasteiger partial charge in [0.2, 0.25) is 0 Å². The van der Waals surface area contributed by atoms with Crippen LogP contribution < -0.4 is 0 Å². The Morgan fingerprint density at radius 3 is 2.52 bits per heavy atom. The summed E-state index contributed by atoms with van der Waals surface area (Å²) in [5.74, 6) is 0.347. The second kappa shape index (κ2) is 6.62. The van der Waals surface area contributed by atoms with E-state index >= 15 is 0 Å². The van der Waals surface area contributed by atoms with Crippen LogP contribution in [0, 0.1) is 17.3 Å². The van der Waals surface area contributed by atoms with Crippen molar-refractivity contribution in [3.8, 4) is 0 Å². The Morgan fingerprint density at radius 1 is 1.09 bits per heavy atom. The molecule has 3 rings (SSSR count). The molecule has 2 saturated heterocycles. The molecule has 1 saturated carbocycles. The van der Waals surface area contributed by atoms with E-state index in [0.717, 1.165) is 19.6 Å². The molecule has 3 fully saturated rings. The molecule has 0 bridgehead atoms. The normalized spacial score (nSPS) is 41.3. The lowest BCUT2D eigenvalue weighted by molar-refractivity contribution is -0.217. The fourth-order valence-corrected chi connectivity index (χ4v) is 4.48. The van der Waals surface area contributed by atoms with Gasteiger partial charge in [-0.3, -0.25) is 0 Å².